The van der Waals surface area contributed by atoms with E-state index in [9.17, 15) is 9.59 Å². The van der Waals surface area contributed by atoms with E-state index in [1.165, 1.54) is 11.1 Å². The first-order valence-electron chi connectivity index (χ1n) is 9.89. The van der Waals surface area contributed by atoms with Crippen LogP contribution in [0.1, 0.15) is 37.0 Å². The van der Waals surface area contributed by atoms with E-state index >= 15 is 0 Å². The van der Waals surface area contributed by atoms with Crippen molar-refractivity contribution in [2.45, 2.75) is 45.5 Å². The minimum absolute atomic E-state index is 0.0323. The fourth-order valence-electron chi connectivity index (χ4n) is 3.02. The molecule has 29 heavy (non-hydrogen) atoms. The van der Waals surface area contributed by atoms with Gasteiger partial charge >= 0.3 is 0 Å². The molecule has 2 aromatic rings. The summed E-state index contributed by atoms with van der Waals surface area (Å²) in [6, 6.07) is 15.2. The van der Waals surface area contributed by atoms with Gasteiger partial charge in [0.1, 0.15) is 6.04 Å². The van der Waals surface area contributed by atoms with E-state index in [-0.39, 0.29) is 11.8 Å². The number of halogens is 1. The molecule has 2 amide bonds. The average Bonchev–Trinajstić information content (AvgIpc) is 2.71. The lowest BCUT2D eigenvalue weighted by molar-refractivity contribution is -0.139. The summed E-state index contributed by atoms with van der Waals surface area (Å²) in [6.45, 7) is 6.80. The van der Waals surface area contributed by atoms with Gasteiger partial charge in [0, 0.05) is 23.9 Å². The van der Waals surface area contributed by atoms with Crippen LogP contribution in [0.2, 0.25) is 5.02 Å². The number of likely N-dealkylation sites (N-methyl/N-ethyl adjacent to an activating group) is 1. The molecule has 156 valence electrons. The predicted octanol–water partition coefficient (Wildman–Crippen LogP) is 4.83. The smallest absolute Gasteiger partial charge is 0.242 e. The highest BCUT2D eigenvalue weighted by Crippen LogP contribution is 2.18. The van der Waals surface area contributed by atoms with Crippen LogP contribution < -0.4 is 5.32 Å². The molecule has 1 N–H and O–H groups in total. The first-order chi connectivity index (χ1) is 13.9. The van der Waals surface area contributed by atoms with Crippen LogP contribution in [0.4, 0.5) is 0 Å². The van der Waals surface area contributed by atoms with Crippen molar-refractivity contribution in [3.05, 3.63) is 70.2 Å². The molecule has 0 aromatic heterocycles. The topological polar surface area (TPSA) is 49.4 Å². The molecule has 0 bridgehead atoms. The molecule has 0 unspecified atom stereocenters. The van der Waals surface area contributed by atoms with Gasteiger partial charge in [0.15, 0.2) is 0 Å². The zero-order valence-corrected chi connectivity index (χ0v) is 18.9. The third kappa shape index (κ3) is 7.41. The molecule has 0 heterocycles. The number of amides is 2. The summed E-state index contributed by atoms with van der Waals surface area (Å²) in [5.41, 5.74) is 3.36. The molecule has 1 atom stereocenters. The molecule has 0 spiro atoms. The third-order valence-corrected chi connectivity index (χ3v) is 5.86. The van der Waals surface area contributed by atoms with Crippen molar-refractivity contribution >= 4 is 35.2 Å². The highest BCUT2D eigenvalue weighted by molar-refractivity contribution is 7.99. The Balaban J connectivity index is 2.08. The van der Waals surface area contributed by atoms with Gasteiger partial charge in [-0.3, -0.25) is 9.59 Å². The summed E-state index contributed by atoms with van der Waals surface area (Å²) in [5, 5.41) is 3.50. The number of aryl methyl sites for hydroxylation is 1. The van der Waals surface area contributed by atoms with Gasteiger partial charge in [-0.2, -0.15) is 0 Å². The molecule has 0 aliphatic rings. The monoisotopic (exact) mass is 432 g/mol. The van der Waals surface area contributed by atoms with Crippen molar-refractivity contribution in [3.8, 4) is 0 Å². The van der Waals surface area contributed by atoms with Crippen molar-refractivity contribution in [1.29, 1.82) is 0 Å². The Morgan fingerprint density at radius 2 is 1.66 bits per heavy atom. The van der Waals surface area contributed by atoms with Gasteiger partial charge in [0.2, 0.25) is 11.8 Å². The predicted molar refractivity (Wildman–Crippen MR) is 122 cm³/mol. The molecular weight excluding hydrogens is 404 g/mol. The largest absolute Gasteiger partial charge is 0.355 e. The Bertz CT molecular complexity index is 794. The van der Waals surface area contributed by atoms with Gasteiger partial charge < -0.3 is 10.2 Å². The maximum Gasteiger partial charge on any atom is 0.242 e. The van der Waals surface area contributed by atoms with E-state index in [1.807, 2.05) is 26.0 Å². The second-order valence-electron chi connectivity index (χ2n) is 6.95. The van der Waals surface area contributed by atoms with Crippen LogP contribution in [0.5, 0.6) is 0 Å². The third-order valence-electron chi connectivity index (χ3n) is 4.62. The van der Waals surface area contributed by atoms with Crippen molar-refractivity contribution in [2.75, 3.05) is 12.3 Å². The molecule has 4 nitrogen and oxygen atoms in total. The van der Waals surface area contributed by atoms with Crippen molar-refractivity contribution < 1.29 is 9.59 Å². The van der Waals surface area contributed by atoms with Crippen LogP contribution in [0.25, 0.3) is 0 Å². The molecule has 0 aliphatic heterocycles. The summed E-state index contributed by atoms with van der Waals surface area (Å²) in [4.78, 5) is 27.3. The Morgan fingerprint density at radius 3 is 2.24 bits per heavy atom. The molecular formula is C23H29ClN2O2S. The second-order valence-corrected chi connectivity index (χ2v) is 8.37. The second kappa shape index (κ2) is 11.9. The SMILES string of the molecule is CCNC(=O)[C@H](CC)N(Cc1ccc(Cl)cc1)C(=O)CSCc1ccc(C)cc1. The number of carbonyl (C=O) groups is 2. The average molecular weight is 433 g/mol. The molecule has 0 radical (unpaired) electrons. The van der Waals surface area contributed by atoms with E-state index in [0.29, 0.717) is 30.3 Å². The van der Waals surface area contributed by atoms with Crippen molar-refractivity contribution in [1.82, 2.24) is 10.2 Å². The number of thioether (sulfide) groups is 1. The summed E-state index contributed by atoms with van der Waals surface area (Å²) < 4.78 is 0. The van der Waals surface area contributed by atoms with Crippen LogP contribution in [0.3, 0.4) is 0 Å². The van der Waals surface area contributed by atoms with Crippen LogP contribution in [0, 0.1) is 6.92 Å². The summed E-state index contributed by atoms with van der Waals surface area (Å²) in [6.07, 6.45) is 0.563. The number of nitrogens with one attached hydrogen (secondary N) is 1. The number of benzene rings is 2. The molecule has 0 saturated heterocycles. The number of hydrogen-bond donors (Lipinski definition) is 1. The van der Waals surface area contributed by atoms with E-state index in [1.54, 1.807) is 28.8 Å². The molecule has 6 heteroatoms. The summed E-state index contributed by atoms with van der Waals surface area (Å²) in [7, 11) is 0. The molecule has 0 saturated carbocycles. The highest BCUT2D eigenvalue weighted by atomic mass is 35.5. The molecule has 0 aliphatic carbocycles. The summed E-state index contributed by atoms with van der Waals surface area (Å²) in [5.74, 6) is 0.951. The zero-order valence-electron chi connectivity index (χ0n) is 17.3. The lowest BCUT2D eigenvalue weighted by Gasteiger charge is -2.30. The van der Waals surface area contributed by atoms with E-state index < -0.39 is 6.04 Å². The van der Waals surface area contributed by atoms with Gasteiger partial charge in [-0.25, -0.2) is 0 Å². The summed E-state index contributed by atoms with van der Waals surface area (Å²) >= 11 is 7.55. The first kappa shape index (κ1) is 23.3. The molecule has 2 rings (SSSR count). The quantitative estimate of drug-likeness (QED) is 0.585. The minimum Gasteiger partial charge on any atom is -0.355 e. The van der Waals surface area contributed by atoms with Gasteiger partial charge in [-0.15, -0.1) is 11.8 Å². The minimum atomic E-state index is -0.488. The van der Waals surface area contributed by atoms with Gasteiger partial charge in [-0.1, -0.05) is 60.5 Å². The van der Waals surface area contributed by atoms with Gasteiger partial charge in [0.25, 0.3) is 0 Å². The Hall–Kier alpha value is -1.98. The van der Waals surface area contributed by atoms with Crippen LogP contribution in [0.15, 0.2) is 48.5 Å². The first-order valence-corrected chi connectivity index (χ1v) is 11.4. The Labute approximate surface area is 183 Å². The van der Waals surface area contributed by atoms with Crippen molar-refractivity contribution in [3.63, 3.8) is 0 Å². The van der Waals surface area contributed by atoms with Gasteiger partial charge in [-0.05, 0) is 43.5 Å². The fourth-order valence-corrected chi connectivity index (χ4v) is 4.02. The fraction of sp³-hybridized carbons (Fsp3) is 0.391. The van der Waals surface area contributed by atoms with Gasteiger partial charge in [0.05, 0.1) is 5.75 Å². The number of rotatable bonds is 10. The Kier molecular flexibility index (Phi) is 9.55. The maximum atomic E-state index is 13.1. The van der Waals surface area contributed by atoms with E-state index in [4.69, 9.17) is 11.6 Å². The number of hydrogen-bond acceptors (Lipinski definition) is 3. The standard InChI is InChI=1S/C23H29ClN2O2S/c1-4-21(23(28)25-5-2)26(14-18-10-12-20(24)13-11-18)22(27)16-29-15-19-8-6-17(3)7-9-19/h6-13,21H,4-5,14-16H2,1-3H3,(H,25,28)/t21-/m0/s1. The van der Waals surface area contributed by atoms with Crippen LogP contribution >= 0.6 is 23.4 Å². The Morgan fingerprint density at radius 1 is 1.03 bits per heavy atom. The van der Waals surface area contributed by atoms with E-state index in [2.05, 4.69) is 36.5 Å². The lowest BCUT2D eigenvalue weighted by Crippen LogP contribution is -2.49. The van der Waals surface area contributed by atoms with Crippen LogP contribution in [-0.4, -0.2) is 35.1 Å². The van der Waals surface area contributed by atoms with Crippen LogP contribution in [-0.2, 0) is 21.9 Å². The van der Waals surface area contributed by atoms with E-state index in [0.717, 1.165) is 11.3 Å². The molecule has 0 fully saturated rings. The number of nitrogens with zero attached hydrogens (tertiary/aromatic N) is 1. The van der Waals surface area contributed by atoms with Crippen molar-refractivity contribution in [2.24, 2.45) is 0 Å². The lowest BCUT2D eigenvalue weighted by atomic mass is 10.1. The maximum absolute atomic E-state index is 13.1. The highest BCUT2D eigenvalue weighted by Gasteiger charge is 2.28. The normalized spacial score (nSPS) is 11.7. The molecule has 2 aromatic carbocycles. The zero-order chi connectivity index (χ0) is 21.2. The number of carbonyl (C=O) groups excluding carboxylic acids is 2.